The normalized spacial score (nSPS) is 29.2. The van der Waals surface area contributed by atoms with Gasteiger partial charge in [0.2, 0.25) is 5.91 Å². The molecule has 0 radical (unpaired) electrons. The number of carbonyl (C=O) groups excluding carboxylic acids is 1. The lowest BCUT2D eigenvalue weighted by atomic mass is 10.1. The Bertz CT molecular complexity index is 352. The second-order valence-electron chi connectivity index (χ2n) is 7.43. The van der Waals surface area contributed by atoms with E-state index < -0.39 is 8.32 Å². The van der Waals surface area contributed by atoms with Gasteiger partial charge in [0, 0.05) is 6.54 Å². The molecule has 2 saturated heterocycles. The lowest BCUT2D eigenvalue weighted by Gasteiger charge is -2.40. The minimum absolute atomic E-state index is 0.129. The topological polar surface area (TPSA) is 41.6 Å². The van der Waals surface area contributed by atoms with Crippen molar-refractivity contribution in [3.8, 4) is 0 Å². The number of amides is 1. The summed E-state index contributed by atoms with van der Waals surface area (Å²) >= 11 is 0. The molecule has 2 fully saturated rings. The van der Waals surface area contributed by atoms with Crippen molar-refractivity contribution in [3.05, 3.63) is 0 Å². The van der Waals surface area contributed by atoms with Gasteiger partial charge in [-0.25, -0.2) is 0 Å². The van der Waals surface area contributed by atoms with Crippen LogP contribution >= 0.6 is 0 Å². The molecule has 0 saturated carbocycles. The van der Waals surface area contributed by atoms with Crippen LogP contribution < -0.4 is 5.32 Å². The Balaban J connectivity index is 1.89. The summed E-state index contributed by atoms with van der Waals surface area (Å²) in [6, 6.07) is 0.292. The predicted molar refractivity (Wildman–Crippen MR) is 79.7 cm³/mol. The Hall–Kier alpha value is -0.393. The Morgan fingerprint density at radius 2 is 2.11 bits per heavy atom. The van der Waals surface area contributed by atoms with Gasteiger partial charge < -0.3 is 9.74 Å². The van der Waals surface area contributed by atoms with Gasteiger partial charge in [0.1, 0.15) is 0 Å². The molecule has 2 heterocycles. The summed E-state index contributed by atoms with van der Waals surface area (Å²) in [5.41, 5.74) is 0. The molecule has 0 aromatic carbocycles. The first-order valence-electron chi connectivity index (χ1n) is 7.39. The van der Waals surface area contributed by atoms with Gasteiger partial charge in [0.05, 0.1) is 18.7 Å². The maximum Gasteiger partial charge on any atom is 0.237 e. The molecule has 2 aliphatic rings. The molecule has 4 nitrogen and oxygen atoms in total. The van der Waals surface area contributed by atoms with E-state index in [1.54, 1.807) is 0 Å². The third-order valence-corrected chi connectivity index (χ3v) is 9.42. The number of rotatable bonds is 3. The highest BCUT2D eigenvalue weighted by Crippen LogP contribution is 2.36. The SMILES string of the molecule is CC(C)(C)[Si](C)(C)OC[C@@H]1CN2CCCC2C(=O)N1. The standard InChI is InChI=1S/C14H28N2O2Si/c1-14(2,3)19(4,5)18-10-11-9-16-8-6-7-12(16)13(17)15-11/h11-12H,6-10H2,1-5H3,(H,15,17)/t11-,12?/m0/s1. The molecule has 2 atom stereocenters. The fourth-order valence-electron chi connectivity index (χ4n) is 2.59. The van der Waals surface area contributed by atoms with Crippen LogP contribution in [-0.2, 0) is 9.22 Å². The number of nitrogens with zero attached hydrogens (tertiary/aromatic N) is 1. The zero-order valence-corrected chi connectivity index (χ0v) is 14.0. The average Bonchev–Trinajstić information content (AvgIpc) is 2.73. The van der Waals surface area contributed by atoms with Gasteiger partial charge in [-0.15, -0.1) is 0 Å². The van der Waals surface area contributed by atoms with Crippen molar-refractivity contribution in [2.45, 2.75) is 63.8 Å². The second-order valence-corrected chi connectivity index (χ2v) is 12.2. The zero-order valence-electron chi connectivity index (χ0n) is 13.0. The lowest BCUT2D eigenvalue weighted by Crippen LogP contribution is -2.60. The Morgan fingerprint density at radius 3 is 2.74 bits per heavy atom. The largest absolute Gasteiger partial charge is 0.415 e. The van der Waals surface area contributed by atoms with Crippen LogP contribution in [0.3, 0.4) is 0 Å². The highest BCUT2D eigenvalue weighted by atomic mass is 28.4. The van der Waals surface area contributed by atoms with Crippen LogP contribution in [0, 0.1) is 0 Å². The summed E-state index contributed by atoms with van der Waals surface area (Å²) in [5, 5.41) is 3.35. The molecule has 0 spiro atoms. The average molecular weight is 284 g/mol. The van der Waals surface area contributed by atoms with E-state index in [4.69, 9.17) is 4.43 Å². The molecular formula is C14H28N2O2Si. The Kier molecular flexibility index (Phi) is 4.09. The van der Waals surface area contributed by atoms with Crippen LogP contribution in [0.15, 0.2) is 0 Å². The van der Waals surface area contributed by atoms with Crippen molar-refractivity contribution < 1.29 is 9.22 Å². The van der Waals surface area contributed by atoms with E-state index in [-0.39, 0.29) is 23.0 Å². The van der Waals surface area contributed by atoms with Crippen molar-refractivity contribution in [3.63, 3.8) is 0 Å². The summed E-state index contributed by atoms with van der Waals surface area (Å²) in [6.45, 7) is 13.9. The van der Waals surface area contributed by atoms with E-state index in [1.165, 1.54) is 0 Å². The molecule has 2 rings (SSSR count). The smallest absolute Gasteiger partial charge is 0.237 e. The summed E-state index contributed by atoms with van der Waals surface area (Å²) < 4.78 is 6.23. The summed E-state index contributed by atoms with van der Waals surface area (Å²) in [4.78, 5) is 14.3. The van der Waals surface area contributed by atoms with Gasteiger partial charge in [0.25, 0.3) is 0 Å². The van der Waals surface area contributed by atoms with Crippen molar-refractivity contribution in [1.82, 2.24) is 10.2 Å². The highest BCUT2D eigenvalue weighted by Gasteiger charge is 2.40. The molecule has 0 aromatic rings. The number of hydrogen-bond donors (Lipinski definition) is 1. The van der Waals surface area contributed by atoms with Crippen LogP contribution in [0.2, 0.25) is 18.1 Å². The molecule has 0 aromatic heterocycles. The molecule has 2 aliphatic heterocycles. The number of nitrogens with one attached hydrogen (secondary N) is 1. The number of carbonyl (C=O) groups is 1. The first-order valence-corrected chi connectivity index (χ1v) is 10.3. The Morgan fingerprint density at radius 1 is 1.42 bits per heavy atom. The summed E-state index contributed by atoms with van der Waals surface area (Å²) in [5.74, 6) is 0.201. The molecule has 19 heavy (non-hydrogen) atoms. The number of fused-ring (bicyclic) bond motifs is 1. The quantitative estimate of drug-likeness (QED) is 0.806. The molecule has 1 amide bonds. The zero-order chi connectivity index (χ0) is 14.3. The van der Waals surface area contributed by atoms with Gasteiger partial charge in [-0.2, -0.15) is 0 Å². The molecular weight excluding hydrogens is 256 g/mol. The van der Waals surface area contributed by atoms with Crippen LogP contribution in [0.1, 0.15) is 33.6 Å². The van der Waals surface area contributed by atoms with Gasteiger partial charge in [-0.1, -0.05) is 20.8 Å². The van der Waals surface area contributed by atoms with Crippen molar-refractivity contribution in [2.24, 2.45) is 0 Å². The van der Waals surface area contributed by atoms with Crippen molar-refractivity contribution in [1.29, 1.82) is 0 Å². The summed E-state index contributed by atoms with van der Waals surface area (Å²) in [6.07, 6.45) is 2.16. The first-order chi connectivity index (χ1) is 8.71. The molecule has 1 N–H and O–H groups in total. The van der Waals surface area contributed by atoms with Crippen LogP contribution in [0.5, 0.6) is 0 Å². The van der Waals surface area contributed by atoms with E-state index in [2.05, 4.69) is 44.1 Å². The lowest BCUT2D eigenvalue weighted by molar-refractivity contribution is -0.129. The van der Waals surface area contributed by atoms with Crippen LogP contribution in [0.4, 0.5) is 0 Å². The maximum atomic E-state index is 12.0. The minimum Gasteiger partial charge on any atom is -0.415 e. The fraction of sp³-hybridized carbons (Fsp3) is 0.929. The van der Waals surface area contributed by atoms with Gasteiger partial charge in [-0.3, -0.25) is 9.69 Å². The third kappa shape index (κ3) is 3.20. The van der Waals surface area contributed by atoms with Gasteiger partial charge >= 0.3 is 0 Å². The molecule has 0 bridgehead atoms. The van der Waals surface area contributed by atoms with E-state index in [9.17, 15) is 4.79 Å². The minimum atomic E-state index is -1.71. The predicted octanol–water partition coefficient (Wildman–Crippen LogP) is 1.97. The first kappa shape index (κ1) is 15.0. The molecule has 5 heteroatoms. The fourth-order valence-corrected chi connectivity index (χ4v) is 3.64. The third-order valence-electron chi connectivity index (χ3n) is 4.92. The number of hydrogen-bond acceptors (Lipinski definition) is 3. The van der Waals surface area contributed by atoms with E-state index >= 15 is 0 Å². The van der Waals surface area contributed by atoms with Gasteiger partial charge in [0.15, 0.2) is 8.32 Å². The number of piperazine rings is 1. The van der Waals surface area contributed by atoms with Crippen LogP contribution in [-0.4, -0.2) is 50.9 Å². The molecule has 0 aliphatic carbocycles. The van der Waals surface area contributed by atoms with Crippen molar-refractivity contribution >= 4 is 14.2 Å². The van der Waals surface area contributed by atoms with E-state index in [0.717, 1.165) is 25.9 Å². The van der Waals surface area contributed by atoms with E-state index in [0.29, 0.717) is 6.61 Å². The molecule has 110 valence electrons. The maximum absolute atomic E-state index is 12.0. The highest BCUT2D eigenvalue weighted by molar-refractivity contribution is 6.74. The van der Waals surface area contributed by atoms with E-state index in [1.807, 2.05) is 0 Å². The summed E-state index contributed by atoms with van der Waals surface area (Å²) in [7, 11) is -1.71. The van der Waals surface area contributed by atoms with Crippen LogP contribution in [0.25, 0.3) is 0 Å². The monoisotopic (exact) mass is 284 g/mol. The Labute approximate surface area is 118 Å². The van der Waals surface area contributed by atoms with Crippen molar-refractivity contribution in [2.75, 3.05) is 19.7 Å². The molecule has 1 unspecified atom stereocenters. The second kappa shape index (κ2) is 5.18. The van der Waals surface area contributed by atoms with Gasteiger partial charge in [-0.05, 0) is 37.5 Å².